The average Bonchev–Trinajstić information content (AvgIpc) is 2.37. The Morgan fingerprint density at radius 1 is 1.17 bits per heavy atom. The van der Waals surface area contributed by atoms with E-state index in [1.54, 1.807) is 26.0 Å². The third-order valence-corrected chi connectivity index (χ3v) is 2.59. The van der Waals surface area contributed by atoms with E-state index in [-0.39, 0.29) is 11.6 Å². The summed E-state index contributed by atoms with van der Waals surface area (Å²) in [6.45, 7) is 3.58. The minimum absolute atomic E-state index is 0.147. The third kappa shape index (κ3) is 2.23. The summed E-state index contributed by atoms with van der Waals surface area (Å²) in [4.78, 5) is 0. The van der Waals surface area contributed by atoms with Gasteiger partial charge < -0.3 is 9.84 Å². The van der Waals surface area contributed by atoms with E-state index >= 15 is 0 Å². The quantitative estimate of drug-likeness (QED) is 0.873. The van der Waals surface area contributed by atoms with E-state index in [1.165, 1.54) is 12.1 Å². The number of aromatic hydroxyl groups is 1. The van der Waals surface area contributed by atoms with Gasteiger partial charge in [0.05, 0.1) is 5.69 Å². The van der Waals surface area contributed by atoms with Crippen molar-refractivity contribution in [3.8, 4) is 23.4 Å². The molecule has 2 aromatic rings. The summed E-state index contributed by atoms with van der Waals surface area (Å²) in [7, 11) is 0. The van der Waals surface area contributed by atoms with Gasteiger partial charge in [0.25, 0.3) is 5.88 Å². The normalized spacial score (nSPS) is 9.83. The van der Waals surface area contributed by atoms with E-state index in [1.807, 2.05) is 0 Å². The number of aryl methyl sites for hydroxylation is 1. The molecule has 0 radical (unpaired) electrons. The molecule has 1 aromatic heterocycles. The van der Waals surface area contributed by atoms with Crippen LogP contribution < -0.4 is 4.74 Å². The number of phenolic OH excluding ortho intramolecular Hbond substituents is 1. The number of ether oxygens (including phenoxy) is 1. The summed E-state index contributed by atoms with van der Waals surface area (Å²) in [5.74, 6) is 0.808. The Morgan fingerprint density at radius 3 is 2.44 bits per heavy atom. The zero-order valence-electron chi connectivity index (χ0n) is 10.0. The highest BCUT2D eigenvalue weighted by Gasteiger charge is 2.12. The molecule has 0 aliphatic rings. The summed E-state index contributed by atoms with van der Waals surface area (Å²) < 4.78 is 5.48. The lowest BCUT2D eigenvalue weighted by Gasteiger charge is -2.08. The lowest BCUT2D eigenvalue weighted by Crippen LogP contribution is -2.00. The van der Waals surface area contributed by atoms with Crippen molar-refractivity contribution >= 4 is 0 Å². The van der Waals surface area contributed by atoms with Crippen LogP contribution >= 0.6 is 0 Å². The van der Waals surface area contributed by atoms with Crippen LogP contribution in [0.2, 0.25) is 0 Å². The molecule has 0 fully saturated rings. The maximum absolute atomic E-state index is 9.17. The molecule has 0 amide bonds. The topological polar surface area (TPSA) is 79.0 Å². The predicted octanol–water partition coefficient (Wildman–Crippen LogP) is 2.46. The molecule has 0 saturated heterocycles. The van der Waals surface area contributed by atoms with Crippen LogP contribution in [0.15, 0.2) is 24.3 Å². The number of nitriles is 1. The number of phenols is 1. The average molecular weight is 241 g/mol. The predicted molar refractivity (Wildman–Crippen MR) is 64.4 cm³/mol. The molecule has 5 nitrogen and oxygen atoms in total. The maximum atomic E-state index is 9.17. The SMILES string of the molecule is Cc1nnc(Oc2ccc(O)cc2)c(C#N)c1C. The minimum Gasteiger partial charge on any atom is -0.508 e. The second kappa shape index (κ2) is 4.72. The molecule has 18 heavy (non-hydrogen) atoms. The van der Waals surface area contributed by atoms with Crippen LogP contribution in [0.25, 0.3) is 0 Å². The van der Waals surface area contributed by atoms with Crippen molar-refractivity contribution in [1.82, 2.24) is 10.2 Å². The van der Waals surface area contributed by atoms with Crippen LogP contribution in [0.3, 0.4) is 0 Å². The molecular weight excluding hydrogens is 230 g/mol. The molecule has 1 aromatic carbocycles. The Morgan fingerprint density at radius 2 is 1.83 bits per heavy atom. The van der Waals surface area contributed by atoms with E-state index in [9.17, 15) is 0 Å². The van der Waals surface area contributed by atoms with Crippen LogP contribution in [-0.4, -0.2) is 15.3 Å². The number of nitrogens with zero attached hydrogens (tertiary/aromatic N) is 3. The van der Waals surface area contributed by atoms with Crippen LogP contribution in [0.4, 0.5) is 0 Å². The van der Waals surface area contributed by atoms with Gasteiger partial charge in [0.15, 0.2) is 0 Å². The van der Waals surface area contributed by atoms with Crippen molar-refractivity contribution in [2.75, 3.05) is 0 Å². The van der Waals surface area contributed by atoms with Gasteiger partial charge in [0.1, 0.15) is 23.1 Å². The van der Waals surface area contributed by atoms with Gasteiger partial charge in [0.2, 0.25) is 0 Å². The second-order valence-corrected chi connectivity index (χ2v) is 3.80. The van der Waals surface area contributed by atoms with E-state index in [2.05, 4.69) is 16.3 Å². The second-order valence-electron chi connectivity index (χ2n) is 3.80. The van der Waals surface area contributed by atoms with Crippen molar-refractivity contribution in [3.63, 3.8) is 0 Å². The fourth-order valence-corrected chi connectivity index (χ4v) is 1.42. The van der Waals surface area contributed by atoms with Crippen molar-refractivity contribution in [2.45, 2.75) is 13.8 Å². The molecule has 0 aliphatic heterocycles. The van der Waals surface area contributed by atoms with Crippen molar-refractivity contribution in [1.29, 1.82) is 5.26 Å². The minimum atomic E-state index is 0.147. The lowest BCUT2D eigenvalue weighted by atomic mass is 10.1. The zero-order chi connectivity index (χ0) is 13.1. The molecule has 1 N–H and O–H groups in total. The van der Waals surface area contributed by atoms with E-state index in [4.69, 9.17) is 15.1 Å². The van der Waals surface area contributed by atoms with Gasteiger partial charge >= 0.3 is 0 Å². The van der Waals surface area contributed by atoms with Crippen molar-refractivity contribution < 1.29 is 9.84 Å². The smallest absolute Gasteiger partial charge is 0.257 e. The molecule has 0 unspecified atom stereocenters. The molecule has 90 valence electrons. The highest BCUT2D eigenvalue weighted by Crippen LogP contribution is 2.26. The number of hydrogen-bond acceptors (Lipinski definition) is 5. The molecule has 0 bridgehead atoms. The first-order valence-corrected chi connectivity index (χ1v) is 5.32. The molecular formula is C13H11N3O2. The zero-order valence-corrected chi connectivity index (χ0v) is 10.0. The van der Waals surface area contributed by atoms with Gasteiger partial charge in [-0.3, -0.25) is 0 Å². The summed E-state index contributed by atoms with van der Waals surface area (Å²) in [6, 6.07) is 8.23. The summed E-state index contributed by atoms with van der Waals surface area (Å²) >= 11 is 0. The Labute approximate surface area is 104 Å². The number of benzene rings is 1. The maximum Gasteiger partial charge on any atom is 0.257 e. The molecule has 5 heteroatoms. The van der Waals surface area contributed by atoms with Crippen LogP contribution in [-0.2, 0) is 0 Å². The molecule has 0 aliphatic carbocycles. The van der Waals surface area contributed by atoms with E-state index < -0.39 is 0 Å². The number of rotatable bonds is 2. The fourth-order valence-electron chi connectivity index (χ4n) is 1.42. The van der Waals surface area contributed by atoms with Crippen LogP contribution in [0.5, 0.6) is 17.4 Å². The molecule has 1 heterocycles. The molecule has 0 saturated carbocycles. The van der Waals surface area contributed by atoms with Crippen LogP contribution in [0, 0.1) is 25.2 Å². The number of hydrogen-bond donors (Lipinski definition) is 1. The molecule has 2 rings (SSSR count). The van der Waals surface area contributed by atoms with Gasteiger partial charge in [-0.2, -0.15) is 10.4 Å². The largest absolute Gasteiger partial charge is 0.508 e. The van der Waals surface area contributed by atoms with Crippen molar-refractivity contribution in [3.05, 3.63) is 41.1 Å². The third-order valence-electron chi connectivity index (χ3n) is 2.59. The van der Waals surface area contributed by atoms with Crippen molar-refractivity contribution in [2.24, 2.45) is 0 Å². The monoisotopic (exact) mass is 241 g/mol. The Hall–Kier alpha value is -2.61. The first-order chi connectivity index (χ1) is 8.61. The lowest BCUT2D eigenvalue weighted by molar-refractivity contribution is 0.446. The van der Waals surface area contributed by atoms with E-state index in [0.29, 0.717) is 17.0 Å². The highest BCUT2D eigenvalue weighted by atomic mass is 16.5. The summed E-state index contributed by atoms with van der Waals surface area (Å²) in [6.07, 6.45) is 0. The number of aromatic nitrogens is 2. The Kier molecular flexibility index (Phi) is 3.11. The first-order valence-electron chi connectivity index (χ1n) is 5.32. The Balaban J connectivity index is 2.38. The molecule has 0 spiro atoms. The van der Waals surface area contributed by atoms with Crippen LogP contribution in [0.1, 0.15) is 16.8 Å². The van der Waals surface area contributed by atoms with Gasteiger partial charge in [-0.1, -0.05) is 0 Å². The summed E-state index contributed by atoms with van der Waals surface area (Å²) in [5.41, 5.74) is 1.82. The standard InChI is InChI=1S/C13H11N3O2/c1-8-9(2)15-16-13(12(8)7-14)18-11-5-3-10(17)4-6-11/h3-6,17H,1-2H3. The highest BCUT2D eigenvalue weighted by molar-refractivity contribution is 5.46. The Bertz CT molecular complexity index is 615. The first kappa shape index (κ1) is 11.9. The summed E-state index contributed by atoms with van der Waals surface area (Å²) in [5, 5.41) is 26.1. The van der Waals surface area contributed by atoms with Gasteiger partial charge in [-0.25, -0.2) is 0 Å². The molecule has 0 atom stereocenters. The fraction of sp³-hybridized carbons (Fsp3) is 0.154. The van der Waals surface area contributed by atoms with Gasteiger partial charge in [-0.05, 0) is 43.7 Å². The van der Waals surface area contributed by atoms with E-state index in [0.717, 1.165) is 5.56 Å². The van der Waals surface area contributed by atoms with Gasteiger partial charge in [0, 0.05) is 0 Å². The van der Waals surface area contributed by atoms with Gasteiger partial charge in [-0.15, -0.1) is 5.10 Å².